The predicted octanol–water partition coefficient (Wildman–Crippen LogP) is 5.18. The van der Waals surface area contributed by atoms with Crippen LogP contribution in [0.3, 0.4) is 0 Å². The Morgan fingerprint density at radius 1 is 0.917 bits per heavy atom. The molecule has 6 aromatic rings. The summed E-state index contributed by atoms with van der Waals surface area (Å²) < 4.78 is 14.0. The number of aromatic hydroxyl groups is 1. The highest BCUT2D eigenvalue weighted by Crippen LogP contribution is 2.34. The number of hydrogen-bond acceptors (Lipinski definition) is 6. The molecule has 0 amide bonds. The Kier molecular flexibility index (Phi) is 5.38. The summed E-state index contributed by atoms with van der Waals surface area (Å²) in [5, 5.41) is 22.5. The number of pyridine rings is 3. The van der Waals surface area contributed by atoms with Gasteiger partial charge >= 0.3 is 0 Å². The Morgan fingerprint density at radius 2 is 1.81 bits per heavy atom. The first-order valence-corrected chi connectivity index (χ1v) is 11.6. The van der Waals surface area contributed by atoms with E-state index in [1.54, 1.807) is 18.6 Å². The van der Waals surface area contributed by atoms with Crippen LogP contribution in [0.1, 0.15) is 12.5 Å². The van der Waals surface area contributed by atoms with Crippen LogP contribution in [0.5, 0.6) is 5.75 Å². The molecule has 0 radical (unpaired) electrons. The molecule has 0 atom stereocenters. The minimum Gasteiger partial charge on any atom is -0.508 e. The first-order valence-electron chi connectivity index (χ1n) is 11.6. The molecule has 8 nitrogen and oxygen atoms in total. The van der Waals surface area contributed by atoms with E-state index in [-0.39, 0.29) is 5.75 Å². The maximum Gasteiger partial charge on any atom is 0.127 e. The molecule has 0 saturated heterocycles. The fourth-order valence-corrected chi connectivity index (χ4v) is 4.40. The number of halogens is 1. The van der Waals surface area contributed by atoms with Crippen molar-refractivity contribution < 1.29 is 9.50 Å². The van der Waals surface area contributed by atoms with Crippen molar-refractivity contribution in [2.75, 3.05) is 6.54 Å². The molecule has 9 heteroatoms. The second kappa shape index (κ2) is 8.86. The average Bonchev–Trinajstić information content (AvgIpc) is 3.50. The molecule has 0 bridgehead atoms. The Morgan fingerprint density at radius 3 is 2.67 bits per heavy atom. The van der Waals surface area contributed by atoms with Gasteiger partial charge in [-0.15, -0.1) is 0 Å². The highest BCUT2D eigenvalue weighted by Gasteiger charge is 2.16. The Bertz CT molecular complexity index is 1700. The summed E-state index contributed by atoms with van der Waals surface area (Å²) in [4.78, 5) is 16.8. The number of hydrogen-bond donors (Lipinski definition) is 4. The molecule has 0 aliphatic heterocycles. The smallest absolute Gasteiger partial charge is 0.127 e. The Labute approximate surface area is 205 Å². The number of nitrogens with zero attached hydrogens (tertiary/aromatic N) is 4. The van der Waals surface area contributed by atoms with Gasteiger partial charge in [-0.1, -0.05) is 6.92 Å². The van der Waals surface area contributed by atoms with Gasteiger partial charge in [0.15, 0.2) is 0 Å². The van der Waals surface area contributed by atoms with Crippen molar-refractivity contribution in [3.8, 4) is 39.7 Å². The van der Waals surface area contributed by atoms with Gasteiger partial charge in [-0.3, -0.25) is 20.1 Å². The van der Waals surface area contributed by atoms with Crippen LogP contribution in [0.25, 0.3) is 55.7 Å². The third kappa shape index (κ3) is 3.95. The van der Waals surface area contributed by atoms with Crippen molar-refractivity contribution in [1.29, 1.82) is 0 Å². The van der Waals surface area contributed by atoms with Crippen molar-refractivity contribution in [3.63, 3.8) is 0 Å². The van der Waals surface area contributed by atoms with Crippen molar-refractivity contribution in [3.05, 3.63) is 78.6 Å². The van der Waals surface area contributed by atoms with Crippen LogP contribution in [0, 0.1) is 5.82 Å². The molecule has 5 aromatic heterocycles. The van der Waals surface area contributed by atoms with Crippen molar-refractivity contribution >= 4 is 21.8 Å². The van der Waals surface area contributed by atoms with E-state index in [1.807, 2.05) is 24.4 Å². The van der Waals surface area contributed by atoms with E-state index in [0.717, 1.165) is 69.2 Å². The van der Waals surface area contributed by atoms with E-state index in [9.17, 15) is 9.50 Å². The molecule has 0 aliphatic rings. The Balaban J connectivity index is 1.44. The monoisotopic (exact) mass is 479 g/mol. The van der Waals surface area contributed by atoms with Gasteiger partial charge in [0.25, 0.3) is 0 Å². The van der Waals surface area contributed by atoms with E-state index in [1.165, 1.54) is 12.1 Å². The lowest BCUT2D eigenvalue weighted by atomic mass is 10.1. The fraction of sp³-hybridized carbons (Fsp3) is 0.111. The summed E-state index contributed by atoms with van der Waals surface area (Å²) in [7, 11) is 0. The van der Waals surface area contributed by atoms with Gasteiger partial charge in [0.2, 0.25) is 0 Å². The van der Waals surface area contributed by atoms with Crippen LogP contribution in [-0.4, -0.2) is 41.8 Å². The maximum atomic E-state index is 14.0. The molecule has 0 unspecified atom stereocenters. The number of nitrogens with one attached hydrogen (secondary N) is 3. The lowest BCUT2D eigenvalue weighted by Crippen LogP contribution is -2.11. The molecule has 6 rings (SSSR count). The molecule has 4 N–H and O–H groups in total. The second-order valence-corrected chi connectivity index (χ2v) is 8.55. The molecule has 5 heterocycles. The van der Waals surface area contributed by atoms with Crippen molar-refractivity contribution in [2.45, 2.75) is 13.5 Å². The summed E-state index contributed by atoms with van der Waals surface area (Å²) in [6, 6.07) is 11.8. The number of phenolic OH excluding ortho intramolecular Hbond substituents is 1. The van der Waals surface area contributed by atoms with Gasteiger partial charge in [0.05, 0.1) is 28.8 Å². The van der Waals surface area contributed by atoms with Crippen LogP contribution >= 0.6 is 0 Å². The first kappa shape index (κ1) is 21.9. The van der Waals surface area contributed by atoms with E-state index < -0.39 is 5.82 Å². The predicted molar refractivity (Wildman–Crippen MR) is 137 cm³/mol. The highest BCUT2D eigenvalue weighted by atomic mass is 19.1. The van der Waals surface area contributed by atoms with E-state index in [0.29, 0.717) is 11.3 Å². The second-order valence-electron chi connectivity index (χ2n) is 8.55. The minimum absolute atomic E-state index is 0.151. The molecule has 1 aromatic carbocycles. The zero-order valence-electron chi connectivity index (χ0n) is 19.4. The SMILES string of the molecule is CCNCc1cncc(-c2cc3c(-c4cc5c(-c6cc(O)cc(F)c6)nccc5[nH]4)n[nH]c3cn2)c1. The van der Waals surface area contributed by atoms with E-state index in [4.69, 9.17) is 0 Å². The van der Waals surface area contributed by atoms with Crippen LogP contribution in [0.15, 0.2) is 67.3 Å². The first-order chi connectivity index (χ1) is 17.6. The van der Waals surface area contributed by atoms with Crippen LogP contribution in [-0.2, 0) is 6.54 Å². The molecule has 36 heavy (non-hydrogen) atoms. The summed E-state index contributed by atoms with van der Waals surface area (Å²) >= 11 is 0. The number of fused-ring (bicyclic) bond motifs is 2. The average molecular weight is 480 g/mol. The molecule has 0 spiro atoms. The standard InChI is InChI=1S/C27H22FN7O/c1-2-29-11-15-5-17(13-30-12-15)23-9-21-25(14-32-23)34-35-27(21)24-10-20-22(33-24)3-4-31-26(20)16-6-18(28)8-19(36)7-16/h3-10,12-14,29,33,36H,2,11H2,1H3,(H,34,35). The topological polar surface area (TPSA) is 115 Å². The molecule has 178 valence electrons. The zero-order chi connectivity index (χ0) is 24.6. The lowest BCUT2D eigenvalue weighted by molar-refractivity contribution is 0.469. The number of aromatic amines is 2. The molecule has 0 saturated carbocycles. The van der Waals surface area contributed by atoms with E-state index in [2.05, 4.69) is 48.4 Å². The summed E-state index contributed by atoms with van der Waals surface area (Å²) in [5.74, 6) is -0.677. The normalized spacial score (nSPS) is 11.5. The van der Waals surface area contributed by atoms with Gasteiger partial charge in [-0.2, -0.15) is 5.10 Å². The summed E-state index contributed by atoms with van der Waals surface area (Å²) in [6.07, 6.45) is 7.07. The van der Waals surface area contributed by atoms with Gasteiger partial charge in [0.1, 0.15) is 17.3 Å². The fourth-order valence-electron chi connectivity index (χ4n) is 4.40. The minimum atomic E-state index is -0.526. The van der Waals surface area contributed by atoms with Gasteiger partial charge in [0, 0.05) is 58.6 Å². The molecular formula is C27H22FN7O. The van der Waals surface area contributed by atoms with Crippen LogP contribution in [0.4, 0.5) is 4.39 Å². The third-order valence-corrected chi connectivity index (χ3v) is 6.08. The highest BCUT2D eigenvalue weighted by molar-refractivity contribution is 6.00. The number of phenols is 1. The van der Waals surface area contributed by atoms with Crippen LogP contribution in [0.2, 0.25) is 0 Å². The van der Waals surface area contributed by atoms with Crippen molar-refractivity contribution in [2.24, 2.45) is 0 Å². The summed E-state index contributed by atoms with van der Waals surface area (Å²) in [6.45, 7) is 3.69. The number of rotatable bonds is 6. The molecular weight excluding hydrogens is 457 g/mol. The number of H-pyrrole nitrogens is 2. The van der Waals surface area contributed by atoms with Gasteiger partial charge < -0.3 is 15.4 Å². The number of aromatic nitrogens is 6. The lowest BCUT2D eigenvalue weighted by Gasteiger charge is -2.05. The molecule has 0 fully saturated rings. The third-order valence-electron chi connectivity index (χ3n) is 6.08. The maximum absolute atomic E-state index is 14.0. The van der Waals surface area contributed by atoms with Gasteiger partial charge in [-0.25, -0.2) is 4.39 Å². The summed E-state index contributed by atoms with van der Waals surface area (Å²) in [5.41, 5.74) is 7.00. The van der Waals surface area contributed by atoms with Crippen molar-refractivity contribution in [1.82, 2.24) is 35.5 Å². The number of benzene rings is 1. The Hall–Kier alpha value is -4.63. The zero-order valence-corrected chi connectivity index (χ0v) is 19.4. The van der Waals surface area contributed by atoms with Crippen LogP contribution < -0.4 is 5.32 Å². The van der Waals surface area contributed by atoms with E-state index >= 15 is 0 Å². The van der Waals surface area contributed by atoms with Gasteiger partial charge in [-0.05, 0) is 48.5 Å². The quantitative estimate of drug-likeness (QED) is 0.262. The largest absolute Gasteiger partial charge is 0.508 e. The molecule has 0 aliphatic carbocycles.